The van der Waals surface area contributed by atoms with Crippen LogP contribution < -0.4 is 9.64 Å². The van der Waals surface area contributed by atoms with Gasteiger partial charge in [0, 0.05) is 11.6 Å². The number of Topliss-reactive ketones (excluding diaryl/α,β-unsaturated/α-hetero) is 2. The summed E-state index contributed by atoms with van der Waals surface area (Å²) < 4.78 is 11.2. The second kappa shape index (κ2) is 11.9. The molecule has 0 unspecified atom stereocenters. The van der Waals surface area contributed by atoms with Crippen LogP contribution in [0.2, 0.25) is 0 Å². The molecule has 3 aromatic carbocycles. The van der Waals surface area contributed by atoms with E-state index in [2.05, 4.69) is 0 Å². The van der Waals surface area contributed by atoms with Crippen LogP contribution in [0.3, 0.4) is 0 Å². The first-order valence-electron chi connectivity index (χ1n) is 12.3. The van der Waals surface area contributed by atoms with Gasteiger partial charge in [-0.05, 0) is 70.0 Å². The summed E-state index contributed by atoms with van der Waals surface area (Å²) in [7, 11) is 1.57. The second-order valence-corrected chi connectivity index (χ2v) is 10.0. The number of amides is 1. The summed E-state index contributed by atoms with van der Waals surface area (Å²) in [6.07, 6.45) is -0.585. The fraction of sp³-hybridized carbons (Fsp3) is 0.323. The summed E-state index contributed by atoms with van der Waals surface area (Å²) in [6, 6.07) is 25.2. The molecule has 194 valence electrons. The van der Waals surface area contributed by atoms with E-state index in [0.29, 0.717) is 11.4 Å². The van der Waals surface area contributed by atoms with Crippen LogP contribution in [0.4, 0.5) is 10.5 Å². The molecule has 0 aliphatic rings. The zero-order valence-electron chi connectivity index (χ0n) is 22.3. The van der Waals surface area contributed by atoms with Crippen LogP contribution in [0.5, 0.6) is 5.75 Å². The number of carbonyl (C=O) groups excluding carboxylic acids is 3. The van der Waals surface area contributed by atoms with Crippen molar-refractivity contribution < 1.29 is 23.9 Å². The molecule has 6 nitrogen and oxygen atoms in total. The normalized spacial score (nSPS) is 12.9. The number of rotatable bonds is 9. The Labute approximate surface area is 219 Å². The summed E-state index contributed by atoms with van der Waals surface area (Å²) >= 11 is 0. The van der Waals surface area contributed by atoms with Crippen molar-refractivity contribution in [2.75, 3.05) is 12.0 Å². The van der Waals surface area contributed by atoms with E-state index < -0.39 is 29.6 Å². The average molecular weight is 502 g/mol. The molecule has 0 aromatic heterocycles. The Kier molecular flexibility index (Phi) is 8.87. The van der Waals surface area contributed by atoms with E-state index in [1.54, 1.807) is 57.0 Å². The summed E-state index contributed by atoms with van der Waals surface area (Å²) in [5, 5.41) is 0. The molecule has 1 amide bonds. The highest BCUT2D eigenvalue weighted by molar-refractivity contribution is 6.02. The number of ketones is 2. The fourth-order valence-electron chi connectivity index (χ4n) is 4.62. The van der Waals surface area contributed by atoms with Gasteiger partial charge in [-0.2, -0.15) is 0 Å². The molecular weight excluding hydrogens is 466 g/mol. The topological polar surface area (TPSA) is 72.9 Å². The monoisotopic (exact) mass is 501 g/mol. The number of anilines is 1. The Hall–Kier alpha value is -3.93. The van der Waals surface area contributed by atoms with Crippen LogP contribution in [0.25, 0.3) is 0 Å². The summed E-state index contributed by atoms with van der Waals surface area (Å²) in [5.41, 5.74) is 1.32. The lowest BCUT2D eigenvalue weighted by atomic mass is 9.74. The van der Waals surface area contributed by atoms with Crippen LogP contribution in [-0.4, -0.2) is 30.4 Å². The molecule has 37 heavy (non-hydrogen) atoms. The maximum absolute atomic E-state index is 13.9. The third-order valence-electron chi connectivity index (χ3n) is 6.12. The zero-order chi connectivity index (χ0) is 27.2. The first kappa shape index (κ1) is 27.7. The molecule has 0 fully saturated rings. The van der Waals surface area contributed by atoms with Crippen molar-refractivity contribution in [3.05, 3.63) is 96.1 Å². The molecule has 3 rings (SSSR count). The smallest absolute Gasteiger partial charge is 0.415 e. The van der Waals surface area contributed by atoms with Gasteiger partial charge in [0.2, 0.25) is 0 Å². The number of carbonyl (C=O) groups is 3. The number of methoxy groups -OCH3 is 1. The van der Waals surface area contributed by atoms with Gasteiger partial charge < -0.3 is 9.47 Å². The van der Waals surface area contributed by atoms with Gasteiger partial charge in [0.05, 0.1) is 19.1 Å². The SMILES string of the molecule is COc1ccc(N(C(=O)OC(C)(C)C)[C@H](c2ccccc2)[C@@H](c2ccccc2)C(C(C)=O)C(C)=O)cc1. The molecular formula is C31H35NO5. The zero-order valence-corrected chi connectivity index (χ0v) is 22.3. The van der Waals surface area contributed by atoms with Crippen LogP contribution in [0.1, 0.15) is 57.7 Å². The molecule has 0 aliphatic carbocycles. The largest absolute Gasteiger partial charge is 0.497 e. The highest BCUT2D eigenvalue weighted by Gasteiger charge is 2.43. The lowest BCUT2D eigenvalue weighted by molar-refractivity contribution is -0.131. The number of hydrogen-bond acceptors (Lipinski definition) is 5. The molecule has 0 N–H and O–H groups in total. The van der Waals surface area contributed by atoms with Crippen molar-refractivity contribution in [1.82, 2.24) is 0 Å². The maximum Gasteiger partial charge on any atom is 0.415 e. The van der Waals surface area contributed by atoms with Gasteiger partial charge in [0.25, 0.3) is 0 Å². The Bertz CT molecular complexity index is 1190. The third kappa shape index (κ3) is 6.85. The quantitative estimate of drug-likeness (QED) is 0.303. The van der Waals surface area contributed by atoms with E-state index >= 15 is 0 Å². The van der Waals surface area contributed by atoms with Gasteiger partial charge in [-0.15, -0.1) is 0 Å². The van der Waals surface area contributed by atoms with Gasteiger partial charge in [0.15, 0.2) is 0 Å². The van der Waals surface area contributed by atoms with Gasteiger partial charge in [-0.3, -0.25) is 14.5 Å². The Morgan fingerprint density at radius 2 is 1.22 bits per heavy atom. The van der Waals surface area contributed by atoms with Gasteiger partial charge >= 0.3 is 6.09 Å². The van der Waals surface area contributed by atoms with E-state index in [9.17, 15) is 14.4 Å². The molecule has 0 aliphatic heterocycles. The molecule has 2 atom stereocenters. The lowest BCUT2D eigenvalue weighted by Gasteiger charge is -2.40. The Balaban J connectivity index is 2.35. The predicted molar refractivity (Wildman–Crippen MR) is 145 cm³/mol. The first-order chi connectivity index (χ1) is 17.5. The van der Waals surface area contributed by atoms with Crippen molar-refractivity contribution in [3.63, 3.8) is 0 Å². The van der Waals surface area contributed by atoms with Crippen LogP contribution in [0, 0.1) is 5.92 Å². The Morgan fingerprint density at radius 1 is 0.730 bits per heavy atom. The number of benzene rings is 3. The van der Waals surface area contributed by atoms with E-state index in [-0.39, 0.29) is 11.6 Å². The number of hydrogen-bond donors (Lipinski definition) is 0. The maximum atomic E-state index is 13.9. The van der Waals surface area contributed by atoms with E-state index in [0.717, 1.165) is 11.1 Å². The van der Waals surface area contributed by atoms with Crippen molar-refractivity contribution >= 4 is 23.3 Å². The Morgan fingerprint density at radius 3 is 1.65 bits per heavy atom. The van der Waals surface area contributed by atoms with Crippen molar-refractivity contribution in [1.29, 1.82) is 0 Å². The first-order valence-corrected chi connectivity index (χ1v) is 12.3. The molecule has 0 saturated heterocycles. The lowest BCUT2D eigenvalue weighted by Crippen LogP contribution is -2.45. The minimum atomic E-state index is -0.976. The van der Waals surface area contributed by atoms with Gasteiger partial charge in [-0.25, -0.2) is 4.79 Å². The highest BCUT2D eigenvalue weighted by atomic mass is 16.6. The molecule has 0 bridgehead atoms. The predicted octanol–water partition coefficient (Wildman–Crippen LogP) is 6.76. The van der Waals surface area contributed by atoms with E-state index in [1.807, 2.05) is 60.7 Å². The molecule has 0 saturated carbocycles. The second-order valence-electron chi connectivity index (χ2n) is 10.0. The van der Waals surface area contributed by atoms with Crippen LogP contribution in [0.15, 0.2) is 84.9 Å². The molecule has 0 radical (unpaired) electrons. The number of ether oxygens (including phenoxy) is 2. The van der Waals surface area contributed by atoms with E-state index in [4.69, 9.17) is 9.47 Å². The molecule has 0 spiro atoms. The fourth-order valence-corrected chi connectivity index (χ4v) is 4.62. The van der Waals surface area contributed by atoms with Gasteiger partial charge in [0.1, 0.15) is 22.9 Å². The van der Waals surface area contributed by atoms with Gasteiger partial charge in [-0.1, -0.05) is 60.7 Å². The standard InChI is InChI=1S/C31H35NO5/c1-21(33)27(22(2)34)28(23-13-9-7-10-14-23)29(24-15-11-8-12-16-24)32(30(35)37-31(3,4)5)25-17-19-26(36-6)20-18-25/h7-20,27-29H,1-6H3/t28-,29+/m0/s1. The molecule has 0 heterocycles. The number of nitrogens with zero attached hydrogens (tertiary/aromatic N) is 1. The summed E-state index contributed by atoms with van der Waals surface area (Å²) in [5.74, 6) is -1.54. The third-order valence-corrected chi connectivity index (χ3v) is 6.12. The van der Waals surface area contributed by atoms with Crippen LogP contribution >= 0.6 is 0 Å². The minimum Gasteiger partial charge on any atom is -0.497 e. The summed E-state index contributed by atoms with van der Waals surface area (Å²) in [6.45, 7) is 8.26. The van der Waals surface area contributed by atoms with Crippen molar-refractivity contribution in [2.45, 2.75) is 52.2 Å². The van der Waals surface area contributed by atoms with Crippen molar-refractivity contribution in [3.8, 4) is 5.75 Å². The minimum absolute atomic E-state index is 0.263. The summed E-state index contributed by atoms with van der Waals surface area (Å²) in [4.78, 5) is 41.5. The van der Waals surface area contributed by atoms with Crippen molar-refractivity contribution in [2.24, 2.45) is 5.92 Å². The van der Waals surface area contributed by atoms with Crippen LogP contribution in [-0.2, 0) is 14.3 Å². The average Bonchev–Trinajstić information content (AvgIpc) is 2.85. The van der Waals surface area contributed by atoms with E-state index in [1.165, 1.54) is 13.8 Å². The molecule has 6 heteroatoms. The highest BCUT2D eigenvalue weighted by Crippen LogP contribution is 2.44. The molecule has 3 aromatic rings.